The first-order valence-electron chi connectivity index (χ1n) is 6.81. The maximum Gasteiger partial charge on any atom is 0.226 e. The fourth-order valence-corrected chi connectivity index (χ4v) is 1.73. The minimum Gasteiger partial charge on any atom is -0.475 e. The largest absolute Gasteiger partial charge is 0.475 e. The second kappa shape index (κ2) is 7.19. The molecule has 4 heteroatoms. The zero-order valence-corrected chi connectivity index (χ0v) is 12.2. The number of nitrogens with zero attached hydrogens (tertiary/aromatic N) is 2. The predicted octanol–water partition coefficient (Wildman–Crippen LogP) is 3.42. The van der Waals surface area contributed by atoms with E-state index in [0.717, 1.165) is 12.2 Å². The van der Waals surface area contributed by atoms with Gasteiger partial charge in [0.05, 0.1) is 6.10 Å². The summed E-state index contributed by atoms with van der Waals surface area (Å²) < 4.78 is 5.60. The topological polar surface area (TPSA) is 47.0 Å². The number of aromatic nitrogens is 2. The highest BCUT2D eigenvalue weighted by atomic mass is 16.5. The molecule has 0 atom stereocenters. The molecule has 0 fully saturated rings. The van der Waals surface area contributed by atoms with Gasteiger partial charge in [-0.1, -0.05) is 26.7 Å². The Labute approximate surface area is 110 Å². The molecule has 0 amide bonds. The van der Waals surface area contributed by atoms with Crippen molar-refractivity contribution in [2.75, 3.05) is 11.9 Å². The fourth-order valence-electron chi connectivity index (χ4n) is 1.73. The van der Waals surface area contributed by atoms with Gasteiger partial charge < -0.3 is 10.1 Å². The van der Waals surface area contributed by atoms with Crippen molar-refractivity contribution in [3.63, 3.8) is 0 Å². The number of aryl methyl sites for hydroxylation is 1. The van der Waals surface area contributed by atoms with Gasteiger partial charge in [-0.2, -0.15) is 4.98 Å². The Balaban J connectivity index is 2.67. The zero-order chi connectivity index (χ0) is 13.5. The van der Waals surface area contributed by atoms with Gasteiger partial charge in [-0.05, 0) is 26.7 Å². The Bertz CT molecular complexity index is 362. The molecule has 1 heterocycles. The van der Waals surface area contributed by atoms with E-state index in [1.807, 2.05) is 26.8 Å². The Morgan fingerprint density at radius 3 is 2.44 bits per heavy atom. The predicted molar refractivity (Wildman–Crippen MR) is 75.1 cm³/mol. The van der Waals surface area contributed by atoms with Crippen LogP contribution in [0.15, 0.2) is 6.07 Å². The van der Waals surface area contributed by atoms with E-state index in [-0.39, 0.29) is 6.10 Å². The van der Waals surface area contributed by atoms with E-state index in [1.54, 1.807) is 0 Å². The minimum atomic E-state index is 0.131. The van der Waals surface area contributed by atoms with E-state index < -0.39 is 0 Å². The van der Waals surface area contributed by atoms with Crippen molar-refractivity contribution >= 4 is 5.95 Å². The molecule has 1 aromatic rings. The standard InChI is InChI=1S/C14H25N3O/c1-6-12(7-2)9-15-14-16-11(5)8-13(17-14)18-10(3)4/h8,10,12H,6-7,9H2,1-5H3,(H,15,16,17). The summed E-state index contributed by atoms with van der Waals surface area (Å²) in [5, 5.41) is 3.30. The molecule has 0 aliphatic rings. The van der Waals surface area contributed by atoms with Crippen LogP contribution >= 0.6 is 0 Å². The van der Waals surface area contributed by atoms with Gasteiger partial charge in [0.1, 0.15) is 0 Å². The summed E-state index contributed by atoms with van der Waals surface area (Å²) in [6, 6.07) is 1.86. The zero-order valence-electron chi connectivity index (χ0n) is 12.2. The van der Waals surface area contributed by atoms with Gasteiger partial charge in [-0.15, -0.1) is 0 Å². The van der Waals surface area contributed by atoms with Gasteiger partial charge in [-0.25, -0.2) is 4.98 Å². The molecule has 1 rings (SSSR count). The molecule has 1 N–H and O–H groups in total. The fraction of sp³-hybridized carbons (Fsp3) is 0.714. The lowest BCUT2D eigenvalue weighted by atomic mass is 10.0. The summed E-state index contributed by atoms with van der Waals surface area (Å²) in [7, 11) is 0. The third kappa shape index (κ3) is 4.90. The molecule has 0 aliphatic carbocycles. The number of hydrogen-bond donors (Lipinski definition) is 1. The van der Waals surface area contributed by atoms with Crippen molar-refractivity contribution in [2.24, 2.45) is 5.92 Å². The molecule has 0 spiro atoms. The van der Waals surface area contributed by atoms with Crippen LogP contribution in [-0.4, -0.2) is 22.6 Å². The van der Waals surface area contributed by atoms with Gasteiger partial charge in [0.2, 0.25) is 11.8 Å². The normalized spacial score (nSPS) is 11.1. The molecule has 4 nitrogen and oxygen atoms in total. The summed E-state index contributed by atoms with van der Waals surface area (Å²) in [5.41, 5.74) is 0.924. The quantitative estimate of drug-likeness (QED) is 0.806. The van der Waals surface area contributed by atoms with Crippen LogP contribution in [0.1, 0.15) is 46.2 Å². The van der Waals surface area contributed by atoms with Crippen LogP contribution in [0.25, 0.3) is 0 Å². The first-order chi connectivity index (χ1) is 8.55. The lowest BCUT2D eigenvalue weighted by Gasteiger charge is -2.15. The monoisotopic (exact) mass is 251 g/mol. The number of nitrogens with one attached hydrogen (secondary N) is 1. The SMILES string of the molecule is CCC(CC)CNc1nc(C)cc(OC(C)C)n1. The highest BCUT2D eigenvalue weighted by Crippen LogP contribution is 2.15. The number of rotatable bonds is 7. The molecule has 0 saturated carbocycles. The lowest BCUT2D eigenvalue weighted by Crippen LogP contribution is -2.15. The summed E-state index contributed by atoms with van der Waals surface area (Å²) >= 11 is 0. The van der Waals surface area contributed by atoms with E-state index in [2.05, 4.69) is 29.1 Å². The number of anilines is 1. The van der Waals surface area contributed by atoms with Crippen LogP contribution in [0, 0.1) is 12.8 Å². The maximum absolute atomic E-state index is 5.60. The minimum absolute atomic E-state index is 0.131. The van der Waals surface area contributed by atoms with Crippen LogP contribution in [0.3, 0.4) is 0 Å². The maximum atomic E-state index is 5.60. The summed E-state index contributed by atoms with van der Waals surface area (Å²) in [6.45, 7) is 11.3. The summed E-state index contributed by atoms with van der Waals surface area (Å²) in [6.07, 6.45) is 2.47. The second-order valence-corrected chi connectivity index (χ2v) is 4.90. The molecular formula is C14H25N3O. The van der Waals surface area contributed by atoms with Gasteiger partial charge in [0, 0.05) is 18.3 Å². The third-order valence-electron chi connectivity index (χ3n) is 2.89. The van der Waals surface area contributed by atoms with Gasteiger partial charge in [0.25, 0.3) is 0 Å². The average Bonchev–Trinajstić information content (AvgIpc) is 2.28. The molecular weight excluding hydrogens is 226 g/mol. The van der Waals surface area contributed by atoms with Crippen LogP contribution in [0.5, 0.6) is 5.88 Å². The molecule has 0 unspecified atom stereocenters. The van der Waals surface area contributed by atoms with E-state index in [0.29, 0.717) is 17.7 Å². The Morgan fingerprint density at radius 2 is 1.89 bits per heavy atom. The first kappa shape index (κ1) is 14.7. The van der Waals surface area contributed by atoms with Crippen LogP contribution < -0.4 is 10.1 Å². The number of hydrogen-bond acceptors (Lipinski definition) is 4. The third-order valence-corrected chi connectivity index (χ3v) is 2.89. The first-order valence-corrected chi connectivity index (χ1v) is 6.81. The van der Waals surface area contributed by atoms with Crippen molar-refractivity contribution in [1.82, 2.24) is 9.97 Å². The van der Waals surface area contributed by atoms with Crippen molar-refractivity contribution in [2.45, 2.75) is 53.6 Å². The van der Waals surface area contributed by atoms with Gasteiger partial charge >= 0.3 is 0 Å². The molecule has 18 heavy (non-hydrogen) atoms. The molecule has 0 aliphatic heterocycles. The van der Waals surface area contributed by atoms with Gasteiger partial charge in [-0.3, -0.25) is 0 Å². The van der Waals surface area contributed by atoms with Gasteiger partial charge in [0.15, 0.2) is 0 Å². The van der Waals surface area contributed by atoms with Crippen LogP contribution in [0.2, 0.25) is 0 Å². The summed E-state index contributed by atoms with van der Waals surface area (Å²) in [5.74, 6) is 1.98. The van der Waals surface area contributed by atoms with Crippen molar-refractivity contribution in [3.05, 3.63) is 11.8 Å². The van der Waals surface area contributed by atoms with Crippen molar-refractivity contribution < 1.29 is 4.74 Å². The van der Waals surface area contributed by atoms with E-state index >= 15 is 0 Å². The molecule has 102 valence electrons. The Morgan fingerprint density at radius 1 is 1.22 bits per heavy atom. The van der Waals surface area contributed by atoms with Crippen molar-refractivity contribution in [1.29, 1.82) is 0 Å². The smallest absolute Gasteiger partial charge is 0.226 e. The van der Waals surface area contributed by atoms with Crippen molar-refractivity contribution in [3.8, 4) is 5.88 Å². The highest BCUT2D eigenvalue weighted by Gasteiger charge is 2.07. The molecule has 0 radical (unpaired) electrons. The highest BCUT2D eigenvalue weighted by molar-refractivity contribution is 5.30. The number of ether oxygens (including phenoxy) is 1. The summed E-state index contributed by atoms with van der Waals surface area (Å²) in [4.78, 5) is 8.75. The molecule has 0 bridgehead atoms. The average molecular weight is 251 g/mol. The second-order valence-electron chi connectivity index (χ2n) is 4.90. The van der Waals surface area contributed by atoms with E-state index in [4.69, 9.17) is 4.74 Å². The van der Waals surface area contributed by atoms with Crippen LogP contribution in [0.4, 0.5) is 5.95 Å². The van der Waals surface area contributed by atoms with Crippen LogP contribution in [-0.2, 0) is 0 Å². The molecule has 1 aromatic heterocycles. The Hall–Kier alpha value is -1.32. The van der Waals surface area contributed by atoms with E-state index in [9.17, 15) is 0 Å². The van der Waals surface area contributed by atoms with E-state index in [1.165, 1.54) is 12.8 Å². The lowest BCUT2D eigenvalue weighted by molar-refractivity contribution is 0.232. The molecule has 0 saturated heterocycles. The Kier molecular flexibility index (Phi) is 5.89. The molecule has 0 aromatic carbocycles.